The highest BCUT2D eigenvalue weighted by Gasteiger charge is 2.27. The van der Waals surface area contributed by atoms with Crippen LogP contribution in [0.15, 0.2) is 42.5 Å². The van der Waals surface area contributed by atoms with Gasteiger partial charge in [-0.05, 0) is 57.7 Å². The van der Waals surface area contributed by atoms with Crippen LogP contribution in [0.4, 0.5) is 0 Å². The minimum Gasteiger partial charge on any atom is -0.352 e. The van der Waals surface area contributed by atoms with E-state index in [4.69, 9.17) is 0 Å². The summed E-state index contributed by atoms with van der Waals surface area (Å²) in [6.45, 7) is 12.5. The summed E-state index contributed by atoms with van der Waals surface area (Å²) in [6, 6.07) is 14.1. The molecule has 1 N–H and O–H groups in total. The Morgan fingerprint density at radius 2 is 1.68 bits per heavy atom. The lowest BCUT2D eigenvalue weighted by atomic mass is 10.1. The minimum atomic E-state index is -0.525. The Bertz CT molecular complexity index is 876. The number of hydrogen-bond acceptors (Lipinski definition) is 3. The molecule has 0 radical (unpaired) electrons. The molecule has 2 rings (SSSR count). The summed E-state index contributed by atoms with van der Waals surface area (Å²) < 4.78 is 0. The lowest BCUT2D eigenvalue weighted by molar-refractivity contribution is -0.138. The lowest BCUT2D eigenvalue weighted by Gasteiger charge is -2.30. The number of nitrogens with zero attached hydrogens (tertiary/aromatic N) is 1. The van der Waals surface area contributed by atoms with Crippen molar-refractivity contribution in [3.63, 3.8) is 0 Å². The number of amides is 2. The number of carbonyl (C=O) groups excluding carboxylic acids is 2. The number of carbonyl (C=O) groups is 2. The third-order valence-electron chi connectivity index (χ3n) is 5.55. The number of nitrogens with one attached hydrogen (secondary N) is 1. The van der Waals surface area contributed by atoms with Crippen LogP contribution in [0.1, 0.15) is 55.0 Å². The Morgan fingerprint density at radius 3 is 2.29 bits per heavy atom. The third kappa shape index (κ3) is 7.73. The van der Waals surface area contributed by atoms with Crippen LogP contribution in [0, 0.1) is 20.8 Å². The van der Waals surface area contributed by atoms with Gasteiger partial charge in [0.2, 0.25) is 11.8 Å². The van der Waals surface area contributed by atoms with Gasteiger partial charge in [-0.25, -0.2) is 0 Å². The number of aryl methyl sites for hydroxylation is 3. The summed E-state index contributed by atoms with van der Waals surface area (Å²) in [7, 11) is 0. The van der Waals surface area contributed by atoms with E-state index in [-0.39, 0.29) is 17.9 Å². The summed E-state index contributed by atoms with van der Waals surface area (Å²) >= 11 is 1.60. The quantitative estimate of drug-likeness (QED) is 0.554. The smallest absolute Gasteiger partial charge is 0.242 e. The van der Waals surface area contributed by atoms with E-state index in [0.717, 1.165) is 23.3 Å². The second kappa shape index (κ2) is 11.9. The standard InChI is InChI=1S/C26H36N2O2S/c1-7-21(5)27-26(30)22(6)28(15-24-11-9-8-10-20(24)4)25(29)17-31-16-23-13-18(2)12-19(3)14-23/h8-14,21-22H,7,15-17H2,1-6H3,(H,27,30)/t21-,22+/m1/s1. The molecule has 5 heteroatoms. The van der Waals surface area contributed by atoms with Crippen molar-refractivity contribution in [1.29, 1.82) is 0 Å². The highest BCUT2D eigenvalue weighted by atomic mass is 32.2. The highest BCUT2D eigenvalue weighted by molar-refractivity contribution is 7.99. The summed E-state index contributed by atoms with van der Waals surface area (Å²) in [4.78, 5) is 27.7. The first kappa shape index (κ1) is 25.0. The Morgan fingerprint density at radius 1 is 1.03 bits per heavy atom. The van der Waals surface area contributed by atoms with Crippen molar-refractivity contribution in [2.75, 3.05) is 5.75 Å². The van der Waals surface area contributed by atoms with Gasteiger partial charge >= 0.3 is 0 Å². The largest absolute Gasteiger partial charge is 0.352 e. The summed E-state index contributed by atoms with van der Waals surface area (Å²) in [5.41, 5.74) is 5.89. The number of rotatable bonds is 10. The van der Waals surface area contributed by atoms with Crippen LogP contribution < -0.4 is 5.32 Å². The van der Waals surface area contributed by atoms with Crippen LogP contribution in [0.2, 0.25) is 0 Å². The van der Waals surface area contributed by atoms with Gasteiger partial charge < -0.3 is 10.2 Å². The molecule has 0 aliphatic carbocycles. The van der Waals surface area contributed by atoms with Crippen molar-refractivity contribution < 1.29 is 9.59 Å². The molecule has 2 amide bonds. The summed E-state index contributed by atoms with van der Waals surface area (Å²) in [6.07, 6.45) is 0.857. The molecule has 0 heterocycles. The zero-order valence-electron chi connectivity index (χ0n) is 19.7. The van der Waals surface area contributed by atoms with Crippen molar-refractivity contribution in [3.05, 3.63) is 70.3 Å². The molecule has 2 aromatic carbocycles. The number of benzene rings is 2. The Balaban J connectivity index is 2.11. The fourth-order valence-corrected chi connectivity index (χ4v) is 4.36. The van der Waals surface area contributed by atoms with Gasteiger partial charge in [0.05, 0.1) is 5.75 Å². The van der Waals surface area contributed by atoms with Gasteiger partial charge in [-0.15, -0.1) is 11.8 Å². The van der Waals surface area contributed by atoms with Gasteiger partial charge in [0, 0.05) is 18.3 Å². The first-order valence-corrected chi connectivity index (χ1v) is 12.2. The molecule has 168 valence electrons. The first-order chi connectivity index (χ1) is 14.7. The predicted molar refractivity (Wildman–Crippen MR) is 131 cm³/mol. The Labute approximate surface area is 191 Å². The first-order valence-electron chi connectivity index (χ1n) is 11.0. The normalized spacial score (nSPS) is 12.8. The Hall–Kier alpha value is -2.27. The maximum Gasteiger partial charge on any atom is 0.242 e. The molecule has 0 aromatic heterocycles. The van der Waals surface area contributed by atoms with Crippen molar-refractivity contribution in [1.82, 2.24) is 10.2 Å². The van der Waals surface area contributed by atoms with Gasteiger partial charge in [-0.1, -0.05) is 60.5 Å². The molecule has 0 saturated heterocycles. The number of hydrogen-bond donors (Lipinski definition) is 1. The zero-order chi connectivity index (χ0) is 23.0. The molecule has 0 bridgehead atoms. The van der Waals surface area contributed by atoms with Crippen LogP contribution in [0.25, 0.3) is 0 Å². The van der Waals surface area contributed by atoms with Crippen LogP contribution in [-0.2, 0) is 21.9 Å². The molecule has 2 aromatic rings. The molecule has 0 fully saturated rings. The molecular formula is C26H36N2O2S. The molecule has 2 atom stereocenters. The molecule has 0 saturated carbocycles. The van der Waals surface area contributed by atoms with Gasteiger partial charge in [0.15, 0.2) is 0 Å². The fourth-order valence-electron chi connectivity index (χ4n) is 3.51. The van der Waals surface area contributed by atoms with E-state index in [1.54, 1.807) is 16.7 Å². The van der Waals surface area contributed by atoms with Crippen molar-refractivity contribution in [2.45, 2.75) is 72.3 Å². The van der Waals surface area contributed by atoms with E-state index in [0.29, 0.717) is 12.3 Å². The van der Waals surface area contributed by atoms with E-state index >= 15 is 0 Å². The summed E-state index contributed by atoms with van der Waals surface area (Å²) in [5, 5.41) is 3.02. The molecule has 0 unspecified atom stereocenters. The van der Waals surface area contributed by atoms with Gasteiger partial charge in [0.1, 0.15) is 6.04 Å². The Kier molecular flexibility index (Phi) is 9.63. The number of thioether (sulfide) groups is 1. The molecule has 31 heavy (non-hydrogen) atoms. The average Bonchev–Trinajstić information content (AvgIpc) is 2.71. The SMILES string of the molecule is CC[C@@H](C)NC(=O)[C@H](C)N(Cc1ccccc1C)C(=O)CSCc1cc(C)cc(C)c1. The van der Waals surface area contributed by atoms with Crippen LogP contribution >= 0.6 is 11.8 Å². The van der Waals surface area contributed by atoms with E-state index < -0.39 is 6.04 Å². The monoisotopic (exact) mass is 440 g/mol. The van der Waals surface area contributed by atoms with Crippen molar-refractivity contribution in [3.8, 4) is 0 Å². The maximum absolute atomic E-state index is 13.2. The van der Waals surface area contributed by atoms with E-state index in [2.05, 4.69) is 37.4 Å². The van der Waals surface area contributed by atoms with Crippen LogP contribution in [0.5, 0.6) is 0 Å². The molecule has 0 aliphatic heterocycles. The molecule has 4 nitrogen and oxygen atoms in total. The lowest BCUT2D eigenvalue weighted by Crippen LogP contribution is -2.50. The van der Waals surface area contributed by atoms with Gasteiger partial charge in [-0.3, -0.25) is 9.59 Å². The second-order valence-electron chi connectivity index (χ2n) is 8.43. The minimum absolute atomic E-state index is 0.00979. The molecule has 0 spiro atoms. The topological polar surface area (TPSA) is 49.4 Å². The maximum atomic E-state index is 13.2. The van der Waals surface area contributed by atoms with Crippen LogP contribution in [0.3, 0.4) is 0 Å². The van der Waals surface area contributed by atoms with E-state index in [9.17, 15) is 9.59 Å². The van der Waals surface area contributed by atoms with Gasteiger partial charge in [0.25, 0.3) is 0 Å². The average molecular weight is 441 g/mol. The zero-order valence-corrected chi connectivity index (χ0v) is 20.5. The summed E-state index contributed by atoms with van der Waals surface area (Å²) in [5.74, 6) is 1.01. The second-order valence-corrected chi connectivity index (χ2v) is 9.42. The highest BCUT2D eigenvalue weighted by Crippen LogP contribution is 2.19. The predicted octanol–water partition coefficient (Wildman–Crippen LogP) is 5.18. The van der Waals surface area contributed by atoms with E-state index in [1.165, 1.54) is 16.7 Å². The van der Waals surface area contributed by atoms with Crippen molar-refractivity contribution in [2.24, 2.45) is 0 Å². The van der Waals surface area contributed by atoms with Gasteiger partial charge in [-0.2, -0.15) is 0 Å². The van der Waals surface area contributed by atoms with Crippen LogP contribution in [-0.4, -0.2) is 34.6 Å². The van der Waals surface area contributed by atoms with Crippen molar-refractivity contribution >= 4 is 23.6 Å². The fraction of sp³-hybridized carbons (Fsp3) is 0.462. The third-order valence-corrected chi connectivity index (χ3v) is 6.53. The van der Waals surface area contributed by atoms with E-state index in [1.807, 2.05) is 52.0 Å². The molecule has 0 aliphatic rings. The molecular weight excluding hydrogens is 404 g/mol.